The molecule has 0 aliphatic heterocycles. The molecule has 5 nitrogen and oxygen atoms in total. The molecule has 2 rings (SSSR count). The maximum absolute atomic E-state index is 12.8. The Morgan fingerprint density at radius 1 is 0.826 bits per heavy atom. The number of alkyl halides is 3. The molecule has 0 amide bonds. The maximum Gasteiger partial charge on any atom is 0.417 e. The highest BCUT2D eigenvalue weighted by atomic mass is 32.2. The van der Waals surface area contributed by atoms with Gasteiger partial charge in [-0.1, -0.05) is 18.2 Å². The summed E-state index contributed by atoms with van der Waals surface area (Å²) >= 11 is 0. The van der Waals surface area contributed by atoms with Crippen molar-refractivity contribution in [1.29, 1.82) is 0 Å². The van der Waals surface area contributed by atoms with E-state index in [-0.39, 0.29) is 4.90 Å². The first-order valence-electron chi connectivity index (χ1n) is 5.93. The van der Waals surface area contributed by atoms with Crippen LogP contribution in [-0.4, -0.2) is 21.4 Å². The molecule has 1 N–H and O–H groups in total. The zero-order valence-corrected chi connectivity index (χ0v) is 12.8. The highest BCUT2D eigenvalue weighted by molar-refractivity contribution is 7.91. The first-order chi connectivity index (χ1) is 10.4. The smallest absolute Gasteiger partial charge is 0.282 e. The SMILES string of the molecule is O=S(=O)(O)c1cc(S(=O)(=O)c2ccccc2)ccc1C(F)(F)F. The predicted molar refractivity (Wildman–Crippen MR) is 73.2 cm³/mol. The van der Waals surface area contributed by atoms with Crippen LogP contribution in [0.3, 0.4) is 0 Å². The largest absolute Gasteiger partial charge is 0.417 e. The monoisotopic (exact) mass is 366 g/mol. The minimum Gasteiger partial charge on any atom is -0.282 e. The van der Waals surface area contributed by atoms with E-state index in [9.17, 15) is 30.0 Å². The van der Waals surface area contributed by atoms with E-state index in [4.69, 9.17) is 4.55 Å². The van der Waals surface area contributed by atoms with Crippen molar-refractivity contribution < 1.29 is 34.6 Å². The summed E-state index contributed by atoms with van der Waals surface area (Å²) in [5.41, 5.74) is -1.65. The Kier molecular flexibility index (Phi) is 4.26. The Labute approximate surface area is 130 Å². The molecule has 0 saturated heterocycles. The molecule has 2 aromatic rings. The van der Waals surface area contributed by atoms with Gasteiger partial charge in [0.15, 0.2) is 0 Å². The van der Waals surface area contributed by atoms with Gasteiger partial charge in [0.1, 0.15) is 4.90 Å². The van der Waals surface area contributed by atoms with Crippen molar-refractivity contribution in [3.63, 3.8) is 0 Å². The summed E-state index contributed by atoms with van der Waals surface area (Å²) < 4.78 is 94.4. The molecule has 0 aliphatic carbocycles. The lowest BCUT2D eigenvalue weighted by Gasteiger charge is -2.12. The van der Waals surface area contributed by atoms with Crippen LogP contribution in [0.15, 0.2) is 63.2 Å². The van der Waals surface area contributed by atoms with E-state index >= 15 is 0 Å². The third-order valence-electron chi connectivity index (χ3n) is 2.90. The van der Waals surface area contributed by atoms with Gasteiger partial charge in [0.25, 0.3) is 10.1 Å². The van der Waals surface area contributed by atoms with Crippen molar-refractivity contribution in [2.24, 2.45) is 0 Å². The fraction of sp³-hybridized carbons (Fsp3) is 0.0769. The molecule has 23 heavy (non-hydrogen) atoms. The van der Waals surface area contributed by atoms with Crippen LogP contribution in [0.5, 0.6) is 0 Å². The summed E-state index contributed by atoms with van der Waals surface area (Å²) in [6.45, 7) is 0. The molecule has 10 heteroatoms. The topological polar surface area (TPSA) is 88.5 Å². The van der Waals surface area contributed by atoms with Crippen LogP contribution in [0.1, 0.15) is 5.56 Å². The van der Waals surface area contributed by atoms with Gasteiger partial charge in [-0.2, -0.15) is 21.6 Å². The quantitative estimate of drug-likeness (QED) is 0.844. The van der Waals surface area contributed by atoms with E-state index in [2.05, 4.69) is 0 Å². The Morgan fingerprint density at radius 2 is 1.39 bits per heavy atom. The Hall–Kier alpha value is -1.91. The normalized spacial score (nSPS) is 13.0. The summed E-state index contributed by atoms with van der Waals surface area (Å²) in [6.07, 6.45) is -5.07. The van der Waals surface area contributed by atoms with E-state index in [0.29, 0.717) is 18.2 Å². The van der Waals surface area contributed by atoms with Gasteiger partial charge in [-0.25, -0.2) is 8.42 Å². The molecule has 0 aliphatic rings. The minimum absolute atomic E-state index is 0.221. The zero-order chi connectivity index (χ0) is 17.5. The maximum atomic E-state index is 12.8. The molecule has 0 spiro atoms. The summed E-state index contributed by atoms with van der Waals surface area (Å²) in [7, 11) is -9.49. The summed E-state index contributed by atoms with van der Waals surface area (Å²) in [4.78, 5) is -2.41. The Bertz CT molecular complexity index is 933. The molecular weight excluding hydrogens is 357 g/mol. The van der Waals surface area contributed by atoms with Gasteiger partial charge < -0.3 is 0 Å². The van der Waals surface area contributed by atoms with Gasteiger partial charge in [-0.05, 0) is 30.3 Å². The van der Waals surface area contributed by atoms with Gasteiger partial charge in [-0.3, -0.25) is 4.55 Å². The van der Waals surface area contributed by atoms with Crippen molar-refractivity contribution in [3.05, 3.63) is 54.1 Å². The van der Waals surface area contributed by atoms with Crippen LogP contribution >= 0.6 is 0 Å². The van der Waals surface area contributed by atoms with Crippen LogP contribution < -0.4 is 0 Å². The second-order valence-corrected chi connectivity index (χ2v) is 7.79. The lowest BCUT2D eigenvalue weighted by atomic mass is 10.2. The molecule has 2 aromatic carbocycles. The molecule has 0 aromatic heterocycles. The molecule has 124 valence electrons. The molecule has 0 radical (unpaired) electrons. The number of rotatable bonds is 3. The summed E-state index contributed by atoms with van der Waals surface area (Å²) in [6, 6.07) is 8.00. The van der Waals surface area contributed by atoms with E-state index in [1.54, 1.807) is 0 Å². The second kappa shape index (κ2) is 5.62. The van der Waals surface area contributed by atoms with Crippen molar-refractivity contribution >= 4 is 20.0 Å². The molecule has 0 heterocycles. The van der Waals surface area contributed by atoms with Crippen molar-refractivity contribution in [3.8, 4) is 0 Å². The van der Waals surface area contributed by atoms with Gasteiger partial charge in [0.2, 0.25) is 9.84 Å². The van der Waals surface area contributed by atoms with Crippen LogP contribution in [0.25, 0.3) is 0 Å². The van der Waals surface area contributed by atoms with Gasteiger partial charge >= 0.3 is 6.18 Å². The Morgan fingerprint density at radius 3 is 1.87 bits per heavy atom. The molecule has 0 atom stereocenters. The average molecular weight is 366 g/mol. The number of hydrogen-bond donors (Lipinski definition) is 1. The fourth-order valence-electron chi connectivity index (χ4n) is 1.85. The summed E-state index contributed by atoms with van der Waals surface area (Å²) in [5.74, 6) is 0. The number of hydrogen-bond acceptors (Lipinski definition) is 4. The highest BCUT2D eigenvalue weighted by Crippen LogP contribution is 2.36. The first kappa shape index (κ1) is 17.4. The predicted octanol–water partition coefficient (Wildman–Crippen LogP) is 2.78. The van der Waals surface area contributed by atoms with Crippen molar-refractivity contribution in [2.75, 3.05) is 0 Å². The van der Waals surface area contributed by atoms with E-state index in [0.717, 1.165) is 0 Å². The molecule has 0 fully saturated rings. The van der Waals surface area contributed by atoms with Crippen LogP contribution in [0.4, 0.5) is 13.2 Å². The van der Waals surface area contributed by atoms with E-state index in [1.807, 2.05) is 0 Å². The van der Waals surface area contributed by atoms with Crippen LogP contribution in [-0.2, 0) is 26.1 Å². The van der Waals surface area contributed by atoms with Crippen LogP contribution in [0, 0.1) is 0 Å². The lowest BCUT2D eigenvalue weighted by Crippen LogP contribution is -2.14. The lowest BCUT2D eigenvalue weighted by molar-refractivity contribution is -0.140. The van der Waals surface area contributed by atoms with E-state index < -0.39 is 41.5 Å². The van der Waals surface area contributed by atoms with Crippen molar-refractivity contribution in [2.45, 2.75) is 20.9 Å². The molecule has 0 saturated carbocycles. The zero-order valence-electron chi connectivity index (χ0n) is 11.1. The van der Waals surface area contributed by atoms with Gasteiger partial charge in [0.05, 0.1) is 15.4 Å². The molecular formula is C13H9F3O5S2. The standard InChI is InChI=1S/C13H9F3O5S2/c14-13(15,16)11-7-6-10(8-12(11)23(19,20)21)22(17,18)9-4-2-1-3-5-9/h1-8H,(H,19,20,21). The second-order valence-electron chi connectivity index (χ2n) is 4.45. The minimum atomic E-state index is -5.27. The number of sulfone groups is 1. The fourth-order valence-corrected chi connectivity index (χ4v) is 3.97. The third-order valence-corrected chi connectivity index (χ3v) is 5.56. The third kappa shape index (κ3) is 3.54. The molecule has 0 bridgehead atoms. The highest BCUT2D eigenvalue weighted by Gasteiger charge is 2.37. The number of halogens is 3. The van der Waals surface area contributed by atoms with Gasteiger partial charge in [-0.15, -0.1) is 0 Å². The molecule has 0 unspecified atom stereocenters. The van der Waals surface area contributed by atoms with Gasteiger partial charge in [0, 0.05) is 0 Å². The van der Waals surface area contributed by atoms with Crippen LogP contribution in [0.2, 0.25) is 0 Å². The van der Waals surface area contributed by atoms with E-state index in [1.165, 1.54) is 30.3 Å². The average Bonchev–Trinajstić information content (AvgIpc) is 2.45. The Balaban J connectivity index is 2.73. The first-order valence-corrected chi connectivity index (χ1v) is 8.85. The van der Waals surface area contributed by atoms with Crippen molar-refractivity contribution in [1.82, 2.24) is 0 Å². The number of benzene rings is 2. The summed E-state index contributed by atoms with van der Waals surface area (Å²) in [5, 5.41) is 0.